The van der Waals surface area contributed by atoms with Gasteiger partial charge in [0.2, 0.25) is 0 Å². The van der Waals surface area contributed by atoms with Crippen molar-refractivity contribution in [1.82, 2.24) is 0 Å². The first kappa shape index (κ1) is 12.9. The molecule has 2 rings (SSSR count). The highest BCUT2D eigenvalue weighted by molar-refractivity contribution is 9.09. The van der Waals surface area contributed by atoms with Crippen molar-refractivity contribution in [3.63, 3.8) is 0 Å². The molecule has 1 aliphatic carbocycles. The maximum Gasteiger partial charge on any atom is 0.119 e. The molecule has 0 bridgehead atoms. The second kappa shape index (κ2) is 5.43. The van der Waals surface area contributed by atoms with Crippen LogP contribution in [0.3, 0.4) is 0 Å². The van der Waals surface area contributed by atoms with Crippen molar-refractivity contribution >= 4 is 15.9 Å². The molecule has 1 aromatic carbocycles. The molecule has 0 aromatic heterocycles. The molecule has 17 heavy (non-hydrogen) atoms. The van der Waals surface area contributed by atoms with Gasteiger partial charge in [0.15, 0.2) is 0 Å². The smallest absolute Gasteiger partial charge is 0.119 e. The topological polar surface area (TPSA) is 9.23 Å². The summed E-state index contributed by atoms with van der Waals surface area (Å²) in [5.74, 6) is 2.45. The number of hydrogen-bond donors (Lipinski definition) is 0. The van der Waals surface area contributed by atoms with E-state index >= 15 is 0 Å². The van der Waals surface area contributed by atoms with Crippen LogP contribution in [-0.4, -0.2) is 11.9 Å². The lowest BCUT2D eigenvalue weighted by molar-refractivity contribution is 0.385. The van der Waals surface area contributed by atoms with E-state index in [1.165, 1.54) is 30.4 Å². The third kappa shape index (κ3) is 2.85. The highest BCUT2D eigenvalue weighted by Crippen LogP contribution is 2.34. The lowest BCUT2D eigenvalue weighted by Crippen LogP contribution is -2.26. The molecule has 1 aromatic rings. The Morgan fingerprint density at radius 2 is 2.06 bits per heavy atom. The number of methoxy groups -OCH3 is 1. The summed E-state index contributed by atoms with van der Waals surface area (Å²) >= 11 is 3.86. The van der Waals surface area contributed by atoms with Crippen LogP contribution in [0.1, 0.15) is 31.4 Å². The van der Waals surface area contributed by atoms with Gasteiger partial charge in [0.05, 0.1) is 7.11 Å². The number of benzene rings is 1. The minimum absolute atomic E-state index is 0.627. The van der Waals surface area contributed by atoms with Crippen molar-refractivity contribution in [2.24, 2.45) is 11.8 Å². The number of rotatable bonds is 3. The first-order chi connectivity index (χ1) is 8.11. The third-order valence-corrected chi connectivity index (χ3v) is 5.57. The lowest BCUT2D eigenvalue weighted by Gasteiger charge is -2.30. The molecule has 2 heteroatoms. The Bertz CT molecular complexity index is 387. The molecule has 1 nitrogen and oxygen atoms in total. The van der Waals surface area contributed by atoms with E-state index in [1.54, 1.807) is 7.11 Å². The molecule has 0 N–H and O–H groups in total. The summed E-state index contributed by atoms with van der Waals surface area (Å²) in [7, 11) is 1.74. The van der Waals surface area contributed by atoms with Crippen LogP contribution in [0.2, 0.25) is 0 Å². The highest BCUT2D eigenvalue weighted by atomic mass is 79.9. The number of halogens is 1. The molecule has 2 unspecified atom stereocenters. The summed E-state index contributed by atoms with van der Waals surface area (Å²) in [4.78, 5) is 0.627. The molecule has 2 atom stereocenters. The average Bonchev–Trinajstić information content (AvgIpc) is 2.36. The van der Waals surface area contributed by atoms with Crippen LogP contribution in [0.5, 0.6) is 5.75 Å². The number of fused-ring (bicyclic) bond motifs is 1. The van der Waals surface area contributed by atoms with E-state index in [-0.39, 0.29) is 0 Å². The van der Waals surface area contributed by atoms with Gasteiger partial charge in [-0.15, -0.1) is 0 Å². The summed E-state index contributed by atoms with van der Waals surface area (Å²) in [5.41, 5.74) is 2.98. The summed E-state index contributed by atoms with van der Waals surface area (Å²) in [6, 6.07) is 6.51. The van der Waals surface area contributed by atoms with Gasteiger partial charge in [-0.2, -0.15) is 0 Å². The second-order valence-corrected chi connectivity index (χ2v) is 6.38. The first-order valence-corrected chi connectivity index (χ1v) is 7.33. The van der Waals surface area contributed by atoms with Gasteiger partial charge >= 0.3 is 0 Å². The molecule has 0 aliphatic heterocycles. The van der Waals surface area contributed by atoms with E-state index in [0.717, 1.165) is 11.7 Å². The molecule has 0 radical (unpaired) electrons. The minimum atomic E-state index is 0.627. The molecule has 0 saturated heterocycles. The normalized spacial score (nSPS) is 21.1. The van der Waals surface area contributed by atoms with Crippen molar-refractivity contribution in [1.29, 1.82) is 0 Å². The Morgan fingerprint density at radius 3 is 2.71 bits per heavy atom. The molecule has 0 heterocycles. The maximum absolute atomic E-state index is 5.31. The SMILES string of the molecule is COc1ccc2c(c1)CC(C(Br)C(C)C)CC2. The van der Waals surface area contributed by atoms with Crippen molar-refractivity contribution in [2.45, 2.75) is 37.9 Å². The van der Waals surface area contributed by atoms with Gasteiger partial charge in [0.25, 0.3) is 0 Å². The van der Waals surface area contributed by atoms with Crippen molar-refractivity contribution < 1.29 is 4.74 Å². The van der Waals surface area contributed by atoms with Gasteiger partial charge in [-0.25, -0.2) is 0 Å². The number of hydrogen-bond acceptors (Lipinski definition) is 1. The molecule has 0 saturated carbocycles. The molecular weight excluding hydrogens is 276 g/mol. The van der Waals surface area contributed by atoms with Crippen LogP contribution < -0.4 is 4.74 Å². The van der Waals surface area contributed by atoms with E-state index < -0.39 is 0 Å². The van der Waals surface area contributed by atoms with E-state index in [0.29, 0.717) is 10.7 Å². The first-order valence-electron chi connectivity index (χ1n) is 6.41. The molecule has 0 amide bonds. The van der Waals surface area contributed by atoms with E-state index in [1.807, 2.05) is 0 Å². The Morgan fingerprint density at radius 1 is 1.29 bits per heavy atom. The zero-order valence-corrected chi connectivity index (χ0v) is 12.5. The van der Waals surface area contributed by atoms with Crippen LogP contribution in [0.25, 0.3) is 0 Å². The Labute approximate surface area is 113 Å². The van der Waals surface area contributed by atoms with Gasteiger partial charge in [-0.1, -0.05) is 35.8 Å². The Hall–Kier alpha value is -0.500. The molecule has 0 fully saturated rings. The standard InChI is InChI=1S/C15H21BrO/c1-10(2)15(16)12-5-4-11-6-7-14(17-3)9-13(11)8-12/h6-7,9-10,12,15H,4-5,8H2,1-3H3. The van der Waals surface area contributed by atoms with Crippen LogP contribution in [0, 0.1) is 11.8 Å². The predicted molar refractivity (Wildman–Crippen MR) is 76.1 cm³/mol. The fourth-order valence-corrected chi connectivity index (χ4v) is 3.16. The van der Waals surface area contributed by atoms with Gasteiger partial charge in [-0.3, -0.25) is 0 Å². The maximum atomic E-state index is 5.31. The van der Waals surface area contributed by atoms with Crippen LogP contribution in [-0.2, 0) is 12.8 Å². The van der Waals surface area contributed by atoms with Gasteiger partial charge in [-0.05, 0) is 54.4 Å². The number of alkyl halides is 1. The summed E-state index contributed by atoms with van der Waals surface area (Å²) < 4.78 is 5.31. The summed E-state index contributed by atoms with van der Waals surface area (Å²) in [6.45, 7) is 4.58. The van der Waals surface area contributed by atoms with Crippen molar-refractivity contribution in [3.8, 4) is 5.75 Å². The van der Waals surface area contributed by atoms with E-state index in [2.05, 4.69) is 48.0 Å². The number of ether oxygens (including phenoxy) is 1. The summed E-state index contributed by atoms with van der Waals surface area (Å²) in [5, 5.41) is 0. The minimum Gasteiger partial charge on any atom is -0.497 e. The van der Waals surface area contributed by atoms with Gasteiger partial charge in [0, 0.05) is 4.83 Å². The fraction of sp³-hybridized carbons (Fsp3) is 0.600. The molecule has 1 aliphatic rings. The lowest BCUT2D eigenvalue weighted by atomic mass is 9.80. The van der Waals surface area contributed by atoms with Crippen LogP contribution in [0.4, 0.5) is 0 Å². The predicted octanol–water partition coefficient (Wildman–Crippen LogP) is 4.22. The van der Waals surface area contributed by atoms with E-state index in [9.17, 15) is 0 Å². The second-order valence-electron chi connectivity index (χ2n) is 5.33. The highest BCUT2D eigenvalue weighted by Gasteiger charge is 2.26. The quantitative estimate of drug-likeness (QED) is 0.759. The zero-order chi connectivity index (χ0) is 12.4. The Balaban J connectivity index is 2.17. The molecular formula is C15H21BrO. The van der Waals surface area contributed by atoms with Crippen molar-refractivity contribution in [3.05, 3.63) is 29.3 Å². The molecule has 0 spiro atoms. The third-order valence-electron chi connectivity index (χ3n) is 3.77. The summed E-state index contributed by atoms with van der Waals surface area (Å²) in [6.07, 6.45) is 3.69. The molecule has 94 valence electrons. The van der Waals surface area contributed by atoms with Crippen LogP contribution in [0.15, 0.2) is 18.2 Å². The van der Waals surface area contributed by atoms with Crippen LogP contribution >= 0.6 is 15.9 Å². The van der Waals surface area contributed by atoms with Gasteiger partial charge in [0.1, 0.15) is 5.75 Å². The van der Waals surface area contributed by atoms with Gasteiger partial charge < -0.3 is 4.74 Å². The number of aryl methyl sites for hydroxylation is 1. The Kier molecular flexibility index (Phi) is 4.13. The fourth-order valence-electron chi connectivity index (χ4n) is 2.70. The average molecular weight is 297 g/mol. The van der Waals surface area contributed by atoms with Crippen molar-refractivity contribution in [2.75, 3.05) is 7.11 Å². The monoisotopic (exact) mass is 296 g/mol. The largest absolute Gasteiger partial charge is 0.497 e. The van der Waals surface area contributed by atoms with E-state index in [4.69, 9.17) is 4.74 Å². The zero-order valence-electron chi connectivity index (χ0n) is 10.9.